The fourth-order valence-corrected chi connectivity index (χ4v) is 5.31. The summed E-state index contributed by atoms with van der Waals surface area (Å²) in [5.41, 5.74) is -0.240. The van der Waals surface area contributed by atoms with Crippen molar-refractivity contribution in [1.29, 1.82) is 0 Å². The van der Waals surface area contributed by atoms with E-state index in [0.717, 1.165) is 11.8 Å². The minimum atomic E-state index is -0.954. The molecule has 180 valence electrons. The summed E-state index contributed by atoms with van der Waals surface area (Å²) >= 11 is 7.30. The first-order valence-electron chi connectivity index (χ1n) is 11.1. The number of rotatable bonds is 9. The topological polar surface area (TPSA) is 91.8 Å². The van der Waals surface area contributed by atoms with Crippen LogP contribution in [0.15, 0.2) is 29.6 Å². The summed E-state index contributed by atoms with van der Waals surface area (Å²) in [5.74, 6) is -0.476. The van der Waals surface area contributed by atoms with E-state index >= 15 is 0 Å². The Morgan fingerprint density at radius 3 is 2.70 bits per heavy atom. The molecule has 3 atom stereocenters. The summed E-state index contributed by atoms with van der Waals surface area (Å²) < 4.78 is 4.97. The summed E-state index contributed by atoms with van der Waals surface area (Å²) in [6.45, 7) is 10.3. The molecular weight excluding hydrogens is 462 g/mol. The summed E-state index contributed by atoms with van der Waals surface area (Å²) in [5, 5.41) is 17.5. The van der Waals surface area contributed by atoms with Crippen molar-refractivity contribution in [2.75, 3.05) is 31.6 Å². The molecule has 7 nitrogen and oxygen atoms in total. The maximum atomic E-state index is 11.8. The Bertz CT molecular complexity index is 965. The van der Waals surface area contributed by atoms with Crippen LogP contribution in [0.3, 0.4) is 0 Å². The van der Waals surface area contributed by atoms with Crippen LogP contribution in [-0.2, 0) is 15.1 Å². The number of thiazole rings is 1. The third kappa shape index (κ3) is 5.74. The second kappa shape index (κ2) is 10.5. The molecule has 1 aromatic heterocycles. The van der Waals surface area contributed by atoms with Gasteiger partial charge in [-0.25, -0.2) is 9.78 Å². The Kier molecular flexibility index (Phi) is 8.16. The number of carbonyl (C=O) groups is 2. The third-order valence-corrected chi connectivity index (χ3v) is 7.46. The molecule has 1 aromatic carbocycles. The normalized spacial score (nSPS) is 22.4. The van der Waals surface area contributed by atoms with Gasteiger partial charge >= 0.3 is 5.97 Å². The number of benzene rings is 1. The lowest BCUT2D eigenvalue weighted by Crippen LogP contribution is -2.56. The van der Waals surface area contributed by atoms with Gasteiger partial charge in [-0.3, -0.25) is 0 Å². The molecule has 0 spiro atoms. The van der Waals surface area contributed by atoms with Crippen LogP contribution >= 0.6 is 22.9 Å². The standard InChI is InChI=1S/C24H32ClN3O4S/c1-5-32-21(30)20-14-33-22(27-20)26-19(13-29)16(2)12-28-11-10-24(31,23(3,4)15-28)17-6-8-18(25)9-7-17/h6-9,13-14,16,19,31H,5,10-12,15H2,1-4H3,(H,26,27)/t16-,19?,24-/m0/s1. The highest BCUT2D eigenvalue weighted by molar-refractivity contribution is 7.13. The zero-order chi connectivity index (χ0) is 24.2. The number of aldehydes is 1. The van der Waals surface area contributed by atoms with Gasteiger partial charge in [0, 0.05) is 35.5 Å². The molecule has 0 saturated carbocycles. The van der Waals surface area contributed by atoms with Crippen LogP contribution in [0.5, 0.6) is 0 Å². The quantitative estimate of drug-likeness (QED) is 0.399. The van der Waals surface area contributed by atoms with Gasteiger partial charge < -0.3 is 24.9 Å². The molecule has 0 amide bonds. The number of esters is 1. The Hall–Kier alpha value is -2.00. The average Bonchev–Trinajstić information content (AvgIpc) is 3.24. The Morgan fingerprint density at radius 1 is 1.39 bits per heavy atom. The van der Waals surface area contributed by atoms with Gasteiger partial charge in [0.1, 0.15) is 6.29 Å². The zero-order valence-corrected chi connectivity index (χ0v) is 21.1. The first kappa shape index (κ1) is 25.6. The molecule has 0 radical (unpaired) electrons. The van der Waals surface area contributed by atoms with Crippen molar-refractivity contribution in [3.05, 3.63) is 45.9 Å². The fraction of sp³-hybridized carbons (Fsp3) is 0.542. The van der Waals surface area contributed by atoms with Crippen molar-refractivity contribution in [2.24, 2.45) is 11.3 Å². The molecule has 3 rings (SSSR count). The van der Waals surface area contributed by atoms with Crippen LogP contribution in [0.4, 0.5) is 5.13 Å². The molecule has 2 aromatic rings. The van der Waals surface area contributed by atoms with Gasteiger partial charge in [0.15, 0.2) is 10.8 Å². The lowest BCUT2D eigenvalue weighted by Gasteiger charge is -2.51. The number of aliphatic hydroxyl groups is 1. The molecule has 1 aliphatic rings. The number of hydrogen-bond donors (Lipinski definition) is 2. The molecule has 2 heterocycles. The lowest BCUT2D eigenvalue weighted by molar-refractivity contribution is -0.127. The van der Waals surface area contributed by atoms with Gasteiger partial charge in [0.25, 0.3) is 0 Å². The van der Waals surface area contributed by atoms with E-state index in [9.17, 15) is 14.7 Å². The summed E-state index contributed by atoms with van der Waals surface area (Å²) in [4.78, 5) is 30.2. The predicted octanol–water partition coefficient (Wildman–Crippen LogP) is 4.21. The Balaban J connectivity index is 1.63. The van der Waals surface area contributed by atoms with Crippen LogP contribution < -0.4 is 5.32 Å². The number of nitrogens with zero attached hydrogens (tertiary/aromatic N) is 2. The smallest absolute Gasteiger partial charge is 0.357 e. The van der Waals surface area contributed by atoms with Gasteiger partial charge in [-0.2, -0.15) is 0 Å². The van der Waals surface area contributed by atoms with Gasteiger partial charge in [-0.15, -0.1) is 11.3 Å². The SMILES string of the molecule is CCOC(=O)c1csc(NC(C=O)[C@@H](C)CN2CC[C@](O)(c3ccc(Cl)cc3)C(C)(C)C2)n1. The van der Waals surface area contributed by atoms with Gasteiger partial charge in [-0.1, -0.05) is 44.5 Å². The number of ether oxygens (including phenoxy) is 1. The average molecular weight is 494 g/mol. The molecule has 1 unspecified atom stereocenters. The Labute approximate surface area is 204 Å². The van der Waals surface area contributed by atoms with Crippen molar-refractivity contribution < 1.29 is 19.4 Å². The second-order valence-corrected chi connectivity index (χ2v) is 10.6. The molecule has 0 aliphatic carbocycles. The van der Waals surface area contributed by atoms with Crippen molar-refractivity contribution in [3.8, 4) is 0 Å². The highest BCUT2D eigenvalue weighted by Crippen LogP contribution is 2.46. The molecule has 1 saturated heterocycles. The van der Waals surface area contributed by atoms with Crippen molar-refractivity contribution in [3.63, 3.8) is 0 Å². The molecule has 1 fully saturated rings. The maximum Gasteiger partial charge on any atom is 0.357 e. The monoisotopic (exact) mass is 493 g/mol. The third-order valence-electron chi connectivity index (χ3n) is 6.43. The zero-order valence-electron chi connectivity index (χ0n) is 19.5. The minimum Gasteiger partial charge on any atom is -0.461 e. The molecule has 0 bridgehead atoms. The van der Waals surface area contributed by atoms with Gasteiger partial charge in [0.05, 0.1) is 18.2 Å². The first-order valence-corrected chi connectivity index (χ1v) is 12.4. The van der Waals surface area contributed by atoms with E-state index in [4.69, 9.17) is 16.3 Å². The number of carbonyl (C=O) groups excluding carboxylic acids is 2. The van der Waals surface area contributed by atoms with E-state index in [1.54, 1.807) is 12.3 Å². The van der Waals surface area contributed by atoms with Gasteiger partial charge in [0.2, 0.25) is 0 Å². The molecule has 1 aliphatic heterocycles. The number of halogens is 1. The van der Waals surface area contributed by atoms with Crippen LogP contribution in [0.25, 0.3) is 0 Å². The number of hydrogen-bond acceptors (Lipinski definition) is 8. The second-order valence-electron chi connectivity index (χ2n) is 9.28. The predicted molar refractivity (Wildman–Crippen MR) is 131 cm³/mol. The number of anilines is 1. The number of nitrogens with one attached hydrogen (secondary N) is 1. The van der Waals surface area contributed by atoms with Crippen LogP contribution in [-0.4, -0.2) is 59.5 Å². The van der Waals surface area contributed by atoms with Crippen molar-refractivity contribution in [2.45, 2.75) is 45.8 Å². The Morgan fingerprint density at radius 2 is 2.09 bits per heavy atom. The number of piperidine rings is 1. The molecule has 2 N–H and O–H groups in total. The van der Waals surface area contributed by atoms with Crippen molar-refractivity contribution >= 4 is 40.3 Å². The fourth-order valence-electron chi connectivity index (χ4n) is 4.46. The summed E-state index contributed by atoms with van der Waals surface area (Å²) in [6.07, 6.45) is 1.47. The van der Waals surface area contributed by atoms with E-state index in [-0.39, 0.29) is 18.2 Å². The summed E-state index contributed by atoms with van der Waals surface area (Å²) in [6, 6.07) is 6.96. The van der Waals surface area contributed by atoms with E-state index in [0.29, 0.717) is 36.2 Å². The maximum absolute atomic E-state index is 11.8. The largest absolute Gasteiger partial charge is 0.461 e. The van der Waals surface area contributed by atoms with E-state index in [2.05, 4.69) is 29.0 Å². The molecular formula is C24H32ClN3O4S. The van der Waals surface area contributed by atoms with E-state index < -0.39 is 23.0 Å². The lowest BCUT2D eigenvalue weighted by atomic mass is 9.66. The number of likely N-dealkylation sites (tertiary alicyclic amines) is 1. The number of aromatic nitrogens is 1. The highest BCUT2D eigenvalue weighted by Gasteiger charge is 2.48. The van der Waals surface area contributed by atoms with Crippen molar-refractivity contribution in [1.82, 2.24) is 9.88 Å². The van der Waals surface area contributed by atoms with Crippen LogP contribution in [0.1, 0.15) is 50.2 Å². The minimum absolute atomic E-state index is 0.00466. The molecule has 9 heteroatoms. The van der Waals surface area contributed by atoms with Gasteiger partial charge in [-0.05, 0) is 37.0 Å². The van der Waals surface area contributed by atoms with Crippen LogP contribution in [0.2, 0.25) is 5.02 Å². The van der Waals surface area contributed by atoms with E-state index in [1.165, 1.54) is 11.3 Å². The highest BCUT2D eigenvalue weighted by atomic mass is 35.5. The van der Waals surface area contributed by atoms with E-state index in [1.807, 2.05) is 31.2 Å². The first-order chi connectivity index (χ1) is 15.6. The van der Waals surface area contributed by atoms with Crippen LogP contribution in [0, 0.1) is 11.3 Å². The molecule has 33 heavy (non-hydrogen) atoms. The summed E-state index contributed by atoms with van der Waals surface area (Å²) in [7, 11) is 0.